The third-order valence-electron chi connectivity index (χ3n) is 3.41. The molecule has 1 amide bonds. The molecular weight excluding hydrogens is 312 g/mol. The molecule has 3 nitrogen and oxygen atoms in total. The van der Waals surface area contributed by atoms with E-state index < -0.39 is 0 Å². The van der Waals surface area contributed by atoms with Crippen LogP contribution in [0.3, 0.4) is 0 Å². The number of benzene rings is 1. The van der Waals surface area contributed by atoms with Gasteiger partial charge in [-0.25, -0.2) is 4.98 Å². The third kappa shape index (κ3) is 5.46. The number of aryl methyl sites for hydroxylation is 1. The van der Waals surface area contributed by atoms with Crippen molar-refractivity contribution >= 4 is 35.0 Å². The second-order valence-electron chi connectivity index (χ2n) is 5.34. The minimum atomic E-state index is 0.0516. The molecular formula is C17H22N2OS2. The summed E-state index contributed by atoms with van der Waals surface area (Å²) in [6, 6.07) is 8.24. The van der Waals surface area contributed by atoms with Crippen LogP contribution in [-0.2, 0) is 4.79 Å². The predicted molar refractivity (Wildman–Crippen MR) is 97.9 cm³/mol. The van der Waals surface area contributed by atoms with E-state index in [9.17, 15) is 4.79 Å². The summed E-state index contributed by atoms with van der Waals surface area (Å²) in [7, 11) is 0. The number of anilines is 1. The van der Waals surface area contributed by atoms with E-state index in [2.05, 4.69) is 54.1 Å². The number of hydrogen-bond donors (Lipinski definition) is 2. The molecule has 1 N–H and O–H groups in total. The standard InChI is InChI=1S/C17H22N2OS2/c1-13-7-9-14(10-8-13)15-12-22-17(18-15)19-16(20)6-4-2-3-5-11-21/h7-10,12,21H,2-6,11H2,1H3,(H,18,19,20). The zero-order valence-corrected chi connectivity index (χ0v) is 14.6. The second kappa shape index (κ2) is 8.96. The number of nitrogens with zero attached hydrogens (tertiary/aromatic N) is 1. The second-order valence-corrected chi connectivity index (χ2v) is 6.65. The van der Waals surface area contributed by atoms with Crippen LogP contribution >= 0.6 is 24.0 Å². The van der Waals surface area contributed by atoms with Crippen LogP contribution < -0.4 is 5.32 Å². The van der Waals surface area contributed by atoms with Crippen molar-refractivity contribution < 1.29 is 4.79 Å². The number of thiol groups is 1. The van der Waals surface area contributed by atoms with Crippen LogP contribution in [0.2, 0.25) is 0 Å². The Bertz CT molecular complexity index is 593. The molecule has 0 atom stereocenters. The lowest BCUT2D eigenvalue weighted by atomic mass is 10.1. The fourth-order valence-electron chi connectivity index (χ4n) is 2.12. The summed E-state index contributed by atoms with van der Waals surface area (Å²) in [5.74, 6) is 0.975. The number of amides is 1. The van der Waals surface area contributed by atoms with Gasteiger partial charge in [0.1, 0.15) is 0 Å². The highest BCUT2D eigenvalue weighted by molar-refractivity contribution is 7.80. The molecule has 0 aliphatic rings. The summed E-state index contributed by atoms with van der Waals surface area (Å²) < 4.78 is 0. The number of carbonyl (C=O) groups excluding carboxylic acids is 1. The van der Waals surface area contributed by atoms with E-state index >= 15 is 0 Å². The Kier molecular flexibility index (Phi) is 6.93. The van der Waals surface area contributed by atoms with Crippen molar-refractivity contribution in [3.05, 3.63) is 35.2 Å². The molecule has 2 aromatic rings. The molecule has 0 saturated carbocycles. The molecule has 0 unspecified atom stereocenters. The van der Waals surface area contributed by atoms with Crippen LogP contribution in [0.25, 0.3) is 11.3 Å². The maximum absolute atomic E-state index is 11.9. The highest BCUT2D eigenvalue weighted by atomic mass is 32.1. The molecule has 22 heavy (non-hydrogen) atoms. The maximum atomic E-state index is 11.9. The van der Waals surface area contributed by atoms with Crippen LogP contribution in [0.15, 0.2) is 29.6 Å². The van der Waals surface area contributed by atoms with Crippen molar-refractivity contribution in [2.24, 2.45) is 0 Å². The Morgan fingerprint density at radius 1 is 1.18 bits per heavy atom. The van der Waals surface area contributed by atoms with Gasteiger partial charge < -0.3 is 5.32 Å². The average Bonchev–Trinajstić information content (AvgIpc) is 2.96. The van der Waals surface area contributed by atoms with Crippen molar-refractivity contribution in [2.45, 2.75) is 39.0 Å². The highest BCUT2D eigenvalue weighted by Crippen LogP contribution is 2.25. The zero-order valence-electron chi connectivity index (χ0n) is 12.8. The molecule has 5 heteroatoms. The fourth-order valence-corrected chi connectivity index (χ4v) is 3.08. The zero-order chi connectivity index (χ0) is 15.8. The lowest BCUT2D eigenvalue weighted by molar-refractivity contribution is -0.116. The molecule has 0 spiro atoms. The van der Waals surface area contributed by atoms with Gasteiger partial charge in [-0.1, -0.05) is 42.7 Å². The van der Waals surface area contributed by atoms with Gasteiger partial charge in [0.25, 0.3) is 0 Å². The number of carbonyl (C=O) groups is 1. The minimum absolute atomic E-state index is 0.0516. The first-order chi connectivity index (χ1) is 10.7. The van der Waals surface area contributed by atoms with Gasteiger partial charge in [-0.15, -0.1) is 11.3 Å². The number of unbranched alkanes of at least 4 members (excludes halogenated alkanes) is 3. The highest BCUT2D eigenvalue weighted by Gasteiger charge is 2.07. The van der Waals surface area contributed by atoms with E-state index in [0.29, 0.717) is 11.6 Å². The first kappa shape index (κ1) is 17.0. The predicted octanol–water partition coefficient (Wildman–Crippen LogP) is 4.94. The quantitative estimate of drug-likeness (QED) is 0.530. The van der Waals surface area contributed by atoms with Gasteiger partial charge in [0.2, 0.25) is 5.91 Å². The smallest absolute Gasteiger partial charge is 0.226 e. The Labute approximate surface area is 141 Å². The van der Waals surface area contributed by atoms with Crippen LogP contribution in [-0.4, -0.2) is 16.6 Å². The average molecular weight is 335 g/mol. The van der Waals surface area contributed by atoms with Gasteiger partial charge in [-0.2, -0.15) is 12.6 Å². The Hall–Kier alpha value is -1.33. The number of rotatable bonds is 8. The SMILES string of the molecule is Cc1ccc(-c2csc(NC(=O)CCCCCCS)n2)cc1. The summed E-state index contributed by atoms with van der Waals surface area (Å²) >= 11 is 5.65. The van der Waals surface area contributed by atoms with Gasteiger partial charge in [-0.3, -0.25) is 4.79 Å². The van der Waals surface area contributed by atoms with Gasteiger partial charge >= 0.3 is 0 Å². The molecule has 0 fully saturated rings. The first-order valence-electron chi connectivity index (χ1n) is 7.62. The minimum Gasteiger partial charge on any atom is -0.302 e. The fraction of sp³-hybridized carbons (Fsp3) is 0.412. The molecule has 0 bridgehead atoms. The molecule has 1 heterocycles. The van der Waals surface area contributed by atoms with Crippen LogP contribution in [0, 0.1) is 6.92 Å². The van der Waals surface area contributed by atoms with Crippen molar-refractivity contribution in [2.75, 3.05) is 11.1 Å². The van der Waals surface area contributed by atoms with Gasteiger partial charge in [0.15, 0.2) is 5.13 Å². The van der Waals surface area contributed by atoms with E-state index in [4.69, 9.17) is 0 Å². The first-order valence-corrected chi connectivity index (χ1v) is 9.13. The molecule has 0 saturated heterocycles. The molecule has 1 aromatic carbocycles. The van der Waals surface area contributed by atoms with Crippen molar-refractivity contribution in [1.29, 1.82) is 0 Å². The number of hydrogen-bond acceptors (Lipinski definition) is 4. The van der Waals surface area contributed by atoms with E-state index in [0.717, 1.165) is 42.7 Å². The maximum Gasteiger partial charge on any atom is 0.226 e. The van der Waals surface area contributed by atoms with E-state index in [1.807, 2.05) is 5.38 Å². The molecule has 0 radical (unpaired) electrons. The third-order valence-corrected chi connectivity index (χ3v) is 4.48. The summed E-state index contributed by atoms with van der Waals surface area (Å²) in [6.45, 7) is 2.06. The van der Waals surface area contributed by atoms with Crippen LogP contribution in [0.1, 0.15) is 37.7 Å². The number of nitrogens with one attached hydrogen (secondary N) is 1. The van der Waals surface area contributed by atoms with E-state index in [1.54, 1.807) is 0 Å². The molecule has 0 aliphatic heterocycles. The lowest BCUT2D eigenvalue weighted by Gasteiger charge is -2.02. The van der Waals surface area contributed by atoms with Crippen molar-refractivity contribution in [3.63, 3.8) is 0 Å². The van der Waals surface area contributed by atoms with Gasteiger partial charge in [0, 0.05) is 17.4 Å². The van der Waals surface area contributed by atoms with Crippen molar-refractivity contribution in [3.8, 4) is 11.3 Å². The largest absolute Gasteiger partial charge is 0.302 e. The number of thiazole rings is 1. The monoisotopic (exact) mass is 334 g/mol. The normalized spacial score (nSPS) is 10.6. The Morgan fingerprint density at radius 3 is 2.64 bits per heavy atom. The van der Waals surface area contributed by atoms with E-state index in [1.165, 1.54) is 16.9 Å². The molecule has 0 aliphatic carbocycles. The molecule has 1 aromatic heterocycles. The lowest BCUT2D eigenvalue weighted by Crippen LogP contribution is -2.10. The summed E-state index contributed by atoms with van der Waals surface area (Å²) in [5, 5.41) is 5.54. The molecule has 118 valence electrons. The van der Waals surface area contributed by atoms with E-state index in [-0.39, 0.29) is 5.91 Å². The van der Waals surface area contributed by atoms with Gasteiger partial charge in [-0.05, 0) is 25.5 Å². The number of aromatic nitrogens is 1. The Balaban J connectivity index is 1.81. The molecule has 2 rings (SSSR count). The van der Waals surface area contributed by atoms with Crippen LogP contribution in [0.4, 0.5) is 5.13 Å². The summed E-state index contributed by atoms with van der Waals surface area (Å²) in [4.78, 5) is 16.4. The van der Waals surface area contributed by atoms with Crippen molar-refractivity contribution in [1.82, 2.24) is 4.98 Å². The Morgan fingerprint density at radius 2 is 1.91 bits per heavy atom. The van der Waals surface area contributed by atoms with Crippen LogP contribution in [0.5, 0.6) is 0 Å². The summed E-state index contributed by atoms with van der Waals surface area (Å²) in [5.41, 5.74) is 3.22. The van der Waals surface area contributed by atoms with Gasteiger partial charge in [0.05, 0.1) is 5.69 Å². The topological polar surface area (TPSA) is 42.0 Å². The summed E-state index contributed by atoms with van der Waals surface area (Å²) in [6.07, 6.45) is 4.84.